The Balaban J connectivity index is 1.59. The molecule has 1 N–H and O–H groups in total. The molecule has 0 aromatic heterocycles. The largest absolute Gasteiger partial charge is 0.497 e. The molecule has 21 heavy (non-hydrogen) atoms. The molecule has 0 amide bonds. The molecule has 0 aliphatic carbocycles. The van der Waals surface area contributed by atoms with Crippen LogP contribution in [0.3, 0.4) is 0 Å². The van der Waals surface area contributed by atoms with Crippen LogP contribution < -0.4 is 15.0 Å². The Morgan fingerprint density at radius 2 is 1.81 bits per heavy atom. The van der Waals surface area contributed by atoms with E-state index >= 15 is 0 Å². The molecule has 3 rings (SSSR count). The lowest BCUT2D eigenvalue weighted by atomic mass is 10.2. The minimum Gasteiger partial charge on any atom is -0.497 e. The number of anilines is 2. The summed E-state index contributed by atoms with van der Waals surface area (Å²) in [6.45, 7) is 3.22. The van der Waals surface area contributed by atoms with Gasteiger partial charge < -0.3 is 15.0 Å². The number of ether oxygens (including phenoxy) is 1. The van der Waals surface area contributed by atoms with Crippen molar-refractivity contribution in [3.05, 3.63) is 54.1 Å². The van der Waals surface area contributed by atoms with Gasteiger partial charge in [0.15, 0.2) is 0 Å². The van der Waals surface area contributed by atoms with Crippen LogP contribution in [0.1, 0.15) is 18.4 Å². The summed E-state index contributed by atoms with van der Waals surface area (Å²) in [5.74, 6) is 0.879. The highest BCUT2D eigenvalue weighted by molar-refractivity contribution is 5.51. The fourth-order valence-electron chi connectivity index (χ4n) is 2.74. The van der Waals surface area contributed by atoms with Crippen LogP contribution in [0.4, 0.5) is 11.4 Å². The minimum absolute atomic E-state index is 0.827. The molecule has 1 heterocycles. The fourth-order valence-corrected chi connectivity index (χ4v) is 2.74. The van der Waals surface area contributed by atoms with E-state index in [2.05, 4.69) is 40.5 Å². The van der Waals surface area contributed by atoms with Crippen molar-refractivity contribution < 1.29 is 4.74 Å². The van der Waals surface area contributed by atoms with Gasteiger partial charge in [-0.3, -0.25) is 0 Å². The Kier molecular flexibility index (Phi) is 4.29. The average molecular weight is 282 g/mol. The van der Waals surface area contributed by atoms with E-state index < -0.39 is 0 Å². The summed E-state index contributed by atoms with van der Waals surface area (Å²) in [5, 5.41) is 3.43. The lowest BCUT2D eigenvalue weighted by molar-refractivity contribution is 0.415. The molecule has 0 atom stereocenters. The number of benzene rings is 2. The lowest BCUT2D eigenvalue weighted by Crippen LogP contribution is -2.17. The van der Waals surface area contributed by atoms with Crippen molar-refractivity contribution in [3.63, 3.8) is 0 Å². The molecule has 1 fully saturated rings. The van der Waals surface area contributed by atoms with Crippen molar-refractivity contribution in [1.29, 1.82) is 0 Å². The highest BCUT2D eigenvalue weighted by Crippen LogP contribution is 2.21. The summed E-state index contributed by atoms with van der Waals surface area (Å²) in [6, 6.07) is 16.9. The molecule has 2 aromatic rings. The van der Waals surface area contributed by atoms with Gasteiger partial charge in [0.1, 0.15) is 5.75 Å². The Morgan fingerprint density at radius 1 is 1.05 bits per heavy atom. The summed E-state index contributed by atoms with van der Waals surface area (Å²) in [7, 11) is 1.69. The molecule has 1 aliphatic heterocycles. The molecule has 110 valence electrons. The van der Waals surface area contributed by atoms with Gasteiger partial charge in [-0.15, -0.1) is 0 Å². The highest BCUT2D eigenvalue weighted by atomic mass is 16.5. The molecule has 0 radical (unpaired) electrons. The smallest absolute Gasteiger partial charge is 0.120 e. The van der Waals surface area contributed by atoms with Gasteiger partial charge in [-0.05, 0) is 42.7 Å². The summed E-state index contributed by atoms with van der Waals surface area (Å²) in [6.07, 6.45) is 2.64. The third-order valence-corrected chi connectivity index (χ3v) is 3.97. The van der Waals surface area contributed by atoms with E-state index in [9.17, 15) is 0 Å². The number of hydrogen-bond donors (Lipinski definition) is 1. The zero-order valence-corrected chi connectivity index (χ0v) is 12.5. The first-order chi connectivity index (χ1) is 10.3. The Morgan fingerprint density at radius 3 is 2.52 bits per heavy atom. The zero-order valence-electron chi connectivity index (χ0n) is 12.5. The highest BCUT2D eigenvalue weighted by Gasteiger charge is 2.11. The van der Waals surface area contributed by atoms with Crippen molar-refractivity contribution in [2.45, 2.75) is 19.4 Å². The molecule has 1 aliphatic rings. The summed E-state index contributed by atoms with van der Waals surface area (Å²) >= 11 is 0. The molecule has 3 nitrogen and oxygen atoms in total. The predicted molar refractivity (Wildman–Crippen MR) is 88.2 cm³/mol. The Hall–Kier alpha value is -2.16. The lowest BCUT2D eigenvalue weighted by Gasteiger charge is -2.17. The zero-order chi connectivity index (χ0) is 14.5. The first-order valence-electron chi connectivity index (χ1n) is 7.57. The molecule has 0 unspecified atom stereocenters. The van der Waals surface area contributed by atoms with Crippen molar-refractivity contribution in [2.24, 2.45) is 0 Å². The molecule has 0 spiro atoms. The second-order valence-electron chi connectivity index (χ2n) is 5.45. The van der Waals surface area contributed by atoms with Crippen molar-refractivity contribution in [2.75, 3.05) is 30.4 Å². The topological polar surface area (TPSA) is 24.5 Å². The monoisotopic (exact) mass is 282 g/mol. The maximum atomic E-state index is 5.23. The first-order valence-corrected chi connectivity index (χ1v) is 7.57. The SMILES string of the molecule is COc1cccc(NCc2ccc(N3CCCC3)cc2)c1. The van der Waals surface area contributed by atoms with Gasteiger partial charge >= 0.3 is 0 Å². The quantitative estimate of drug-likeness (QED) is 0.900. The molecule has 0 saturated carbocycles. The Bertz CT molecular complexity index is 574. The number of methoxy groups -OCH3 is 1. The van der Waals surface area contributed by atoms with E-state index in [1.165, 1.54) is 37.2 Å². The third kappa shape index (κ3) is 3.48. The van der Waals surface area contributed by atoms with E-state index in [4.69, 9.17) is 4.74 Å². The summed E-state index contributed by atoms with van der Waals surface area (Å²) in [5.41, 5.74) is 3.72. The van der Waals surface area contributed by atoms with E-state index in [1.807, 2.05) is 18.2 Å². The maximum Gasteiger partial charge on any atom is 0.120 e. The van der Waals surface area contributed by atoms with Crippen LogP contribution in [-0.4, -0.2) is 20.2 Å². The van der Waals surface area contributed by atoms with E-state index in [-0.39, 0.29) is 0 Å². The maximum absolute atomic E-state index is 5.23. The van der Waals surface area contributed by atoms with Gasteiger partial charge in [-0.2, -0.15) is 0 Å². The number of hydrogen-bond acceptors (Lipinski definition) is 3. The van der Waals surface area contributed by atoms with Crippen LogP contribution in [0.15, 0.2) is 48.5 Å². The molecule has 0 bridgehead atoms. The molecule has 2 aromatic carbocycles. The van der Waals surface area contributed by atoms with Gasteiger partial charge in [0.25, 0.3) is 0 Å². The van der Waals surface area contributed by atoms with Gasteiger partial charge in [-0.1, -0.05) is 18.2 Å². The van der Waals surface area contributed by atoms with Crippen molar-refractivity contribution in [3.8, 4) is 5.75 Å². The first kappa shape index (κ1) is 13.8. The van der Waals surface area contributed by atoms with E-state index in [0.29, 0.717) is 0 Å². The van der Waals surface area contributed by atoms with Crippen LogP contribution in [0.5, 0.6) is 5.75 Å². The summed E-state index contributed by atoms with van der Waals surface area (Å²) < 4.78 is 5.23. The Labute approximate surface area is 126 Å². The molecule has 1 saturated heterocycles. The number of nitrogens with one attached hydrogen (secondary N) is 1. The minimum atomic E-state index is 0.827. The van der Waals surface area contributed by atoms with Crippen LogP contribution >= 0.6 is 0 Å². The normalized spacial score (nSPS) is 14.2. The van der Waals surface area contributed by atoms with E-state index in [0.717, 1.165) is 18.0 Å². The fraction of sp³-hybridized carbons (Fsp3) is 0.333. The van der Waals surface area contributed by atoms with Gasteiger partial charge in [-0.25, -0.2) is 0 Å². The van der Waals surface area contributed by atoms with Crippen LogP contribution in [0, 0.1) is 0 Å². The number of rotatable bonds is 5. The molecule has 3 heteroatoms. The predicted octanol–water partition coefficient (Wildman–Crippen LogP) is 3.91. The summed E-state index contributed by atoms with van der Waals surface area (Å²) in [4.78, 5) is 2.46. The van der Waals surface area contributed by atoms with E-state index in [1.54, 1.807) is 7.11 Å². The number of nitrogens with zero attached hydrogens (tertiary/aromatic N) is 1. The van der Waals surface area contributed by atoms with Crippen molar-refractivity contribution in [1.82, 2.24) is 0 Å². The second kappa shape index (κ2) is 6.53. The average Bonchev–Trinajstić information content (AvgIpc) is 3.08. The van der Waals surface area contributed by atoms with Crippen molar-refractivity contribution >= 4 is 11.4 Å². The third-order valence-electron chi connectivity index (χ3n) is 3.97. The van der Waals surface area contributed by atoms with Crippen LogP contribution in [0.2, 0.25) is 0 Å². The second-order valence-corrected chi connectivity index (χ2v) is 5.45. The standard InChI is InChI=1S/C18H22N2O/c1-21-18-6-4-5-16(13-18)19-14-15-7-9-17(10-8-15)20-11-2-3-12-20/h4-10,13,19H,2-3,11-12,14H2,1H3. The van der Waals surface area contributed by atoms with Gasteiger partial charge in [0, 0.05) is 37.1 Å². The van der Waals surface area contributed by atoms with Crippen LogP contribution in [0.25, 0.3) is 0 Å². The van der Waals surface area contributed by atoms with Gasteiger partial charge in [0.2, 0.25) is 0 Å². The molecular formula is C18H22N2O. The van der Waals surface area contributed by atoms with Crippen LogP contribution in [-0.2, 0) is 6.54 Å². The molecular weight excluding hydrogens is 260 g/mol. The van der Waals surface area contributed by atoms with Gasteiger partial charge in [0.05, 0.1) is 7.11 Å².